The summed E-state index contributed by atoms with van der Waals surface area (Å²) in [6, 6.07) is 5.06. The van der Waals surface area contributed by atoms with Gasteiger partial charge in [0.25, 0.3) is 5.91 Å². The molecule has 1 aliphatic carbocycles. The molecular weight excluding hydrogens is 358 g/mol. The predicted octanol–water partition coefficient (Wildman–Crippen LogP) is 3.15. The molecule has 1 unspecified atom stereocenters. The number of nitrogens with one attached hydrogen (secondary N) is 1. The Balaban J connectivity index is 1.64. The number of carbonyl (C=O) groups excluding carboxylic acids is 2. The Hall–Kier alpha value is -2.28. The van der Waals surface area contributed by atoms with Crippen LogP contribution in [0.1, 0.15) is 32.1 Å². The first-order valence-corrected chi connectivity index (χ1v) is 9.21. The monoisotopic (exact) mass is 378 g/mol. The molecule has 7 heteroatoms. The lowest BCUT2D eigenvalue weighted by molar-refractivity contribution is -0.125. The molecule has 0 saturated carbocycles. The highest BCUT2D eigenvalue weighted by Crippen LogP contribution is 2.33. The van der Waals surface area contributed by atoms with Gasteiger partial charge >= 0.3 is 0 Å². The van der Waals surface area contributed by atoms with Gasteiger partial charge in [-0.1, -0.05) is 0 Å². The Morgan fingerprint density at radius 2 is 2.04 bits per heavy atom. The Bertz CT molecular complexity index is 848. The summed E-state index contributed by atoms with van der Waals surface area (Å²) in [4.78, 5) is 27.9. The molecule has 26 heavy (non-hydrogen) atoms. The summed E-state index contributed by atoms with van der Waals surface area (Å²) in [6.45, 7) is -0.0419. The molecule has 2 aromatic rings. The summed E-state index contributed by atoms with van der Waals surface area (Å²) < 4.78 is 26.9. The molecule has 4 nitrogen and oxygen atoms in total. The lowest BCUT2D eigenvalue weighted by Gasteiger charge is -2.21. The van der Waals surface area contributed by atoms with Crippen LogP contribution in [0.4, 0.5) is 8.78 Å². The third-order valence-electron chi connectivity index (χ3n) is 4.53. The van der Waals surface area contributed by atoms with E-state index in [1.807, 2.05) is 6.07 Å². The van der Waals surface area contributed by atoms with Crippen LogP contribution in [0.2, 0.25) is 0 Å². The van der Waals surface area contributed by atoms with Gasteiger partial charge < -0.3 is 10.2 Å². The van der Waals surface area contributed by atoms with Gasteiger partial charge in [0, 0.05) is 37.0 Å². The van der Waals surface area contributed by atoms with E-state index < -0.39 is 11.6 Å². The largest absolute Gasteiger partial charge is 0.352 e. The zero-order chi connectivity index (χ0) is 18.8. The molecule has 0 saturated heterocycles. The SMILES string of the molecule is CN(C)C(=O)c1cc2c(s1)CCC(C(=O)NCc1cc(F)ccc1F)C2. The van der Waals surface area contributed by atoms with Crippen molar-refractivity contribution in [2.75, 3.05) is 14.1 Å². The van der Waals surface area contributed by atoms with Crippen molar-refractivity contribution in [3.8, 4) is 0 Å². The highest BCUT2D eigenvalue weighted by Gasteiger charge is 2.27. The molecule has 0 radical (unpaired) electrons. The minimum absolute atomic E-state index is 0.0352. The summed E-state index contributed by atoms with van der Waals surface area (Å²) in [6.07, 6.45) is 1.98. The van der Waals surface area contributed by atoms with Gasteiger partial charge in [-0.05, 0) is 49.1 Å². The average Bonchev–Trinajstić information content (AvgIpc) is 3.04. The molecule has 1 aliphatic rings. The number of aryl methyl sites for hydroxylation is 1. The van der Waals surface area contributed by atoms with Crippen LogP contribution in [-0.4, -0.2) is 30.8 Å². The molecule has 138 valence electrons. The molecule has 0 aliphatic heterocycles. The van der Waals surface area contributed by atoms with E-state index in [2.05, 4.69) is 5.32 Å². The van der Waals surface area contributed by atoms with Gasteiger partial charge in [0.15, 0.2) is 0 Å². The first-order chi connectivity index (χ1) is 12.3. The second-order valence-corrected chi connectivity index (χ2v) is 7.79. The van der Waals surface area contributed by atoms with Crippen LogP contribution in [0.5, 0.6) is 0 Å². The van der Waals surface area contributed by atoms with E-state index in [1.165, 1.54) is 16.2 Å². The Morgan fingerprint density at radius 3 is 2.77 bits per heavy atom. The number of hydrogen-bond donors (Lipinski definition) is 1. The first-order valence-electron chi connectivity index (χ1n) is 8.40. The highest BCUT2D eigenvalue weighted by molar-refractivity contribution is 7.14. The van der Waals surface area contributed by atoms with Crippen molar-refractivity contribution in [2.45, 2.75) is 25.8 Å². The van der Waals surface area contributed by atoms with Crippen molar-refractivity contribution in [3.05, 3.63) is 56.8 Å². The fourth-order valence-electron chi connectivity index (χ4n) is 3.08. The molecule has 1 atom stereocenters. The standard InChI is InChI=1S/C19H20F2N2O2S/c1-23(2)19(25)17-9-12-7-11(3-6-16(12)26-17)18(24)22-10-13-8-14(20)4-5-15(13)21/h4-5,8-9,11H,3,6-7,10H2,1-2H3,(H,22,24). The molecular formula is C19H20F2N2O2S. The summed E-state index contributed by atoms with van der Waals surface area (Å²) in [5.41, 5.74) is 1.16. The van der Waals surface area contributed by atoms with Crippen molar-refractivity contribution in [3.63, 3.8) is 0 Å². The van der Waals surface area contributed by atoms with E-state index >= 15 is 0 Å². The fraction of sp³-hybridized carbons (Fsp3) is 0.368. The van der Waals surface area contributed by atoms with Gasteiger partial charge in [-0.2, -0.15) is 0 Å². The Labute approximate surface area is 154 Å². The van der Waals surface area contributed by atoms with Crippen molar-refractivity contribution in [1.82, 2.24) is 10.2 Å². The average molecular weight is 378 g/mol. The number of nitrogens with zero attached hydrogens (tertiary/aromatic N) is 1. The minimum Gasteiger partial charge on any atom is -0.352 e. The number of halogens is 2. The van der Waals surface area contributed by atoms with Crippen LogP contribution in [-0.2, 0) is 24.2 Å². The minimum atomic E-state index is -0.540. The molecule has 1 heterocycles. The van der Waals surface area contributed by atoms with E-state index in [4.69, 9.17) is 0 Å². The number of benzene rings is 1. The summed E-state index contributed by atoms with van der Waals surface area (Å²) in [5, 5.41) is 2.70. The lowest BCUT2D eigenvalue weighted by Crippen LogP contribution is -2.33. The number of amides is 2. The van der Waals surface area contributed by atoms with E-state index in [-0.39, 0.29) is 29.8 Å². The number of rotatable bonds is 4. The van der Waals surface area contributed by atoms with Crippen LogP contribution in [0, 0.1) is 17.6 Å². The second kappa shape index (κ2) is 7.53. The predicted molar refractivity (Wildman–Crippen MR) is 96.1 cm³/mol. The highest BCUT2D eigenvalue weighted by atomic mass is 32.1. The molecule has 3 rings (SSSR count). The zero-order valence-corrected chi connectivity index (χ0v) is 15.5. The van der Waals surface area contributed by atoms with Crippen LogP contribution >= 0.6 is 11.3 Å². The Morgan fingerprint density at radius 1 is 1.27 bits per heavy atom. The number of carbonyl (C=O) groups is 2. The molecule has 0 bridgehead atoms. The molecule has 1 aromatic heterocycles. The maximum atomic E-state index is 13.7. The van der Waals surface area contributed by atoms with E-state index in [0.29, 0.717) is 17.7 Å². The van der Waals surface area contributed by atoms with Crippen LogP contribution in [0.25, 0.3) is 0 Å². The second-order valence-electron chi connectivity index (χ2n) is 6.65. The van der Waals surface area contributed by atoms with Crippen molar-refractivity contribution in [1.29, 1.82) is 0 Å². The number of thiophene rings is 1. The molecule has 0 fully saturated rings. The van der Waals surface area contributed by atoms with Gasteiger partial charge in [0.05, 0.1) is 4.88 Å². The van der Waals surface area contributed by atoms with Crippen molar-refractivity contribution >= 4 is 23.2 Å². The Kier molecular flexibility index (Phi) is 5.36. The quantitative estimate of drug-likeness (QED) is 0.889. The first kappa shape index (κ1) is 18.5. The van der Waals surface area contributed by atoms with Gasteiger partial charge in [0.2, 0.25) is 5.91 Å². The van der Waals surface area contributed by atoms with Crippen LogP contribution < -0.4 is 5.32 Å². The smallest absolute Gasteiger partial charge is 0.263 e. The van der Waals surface area contributed by atoms with E-state index in [1.54, 1.807) is 14.1 Å². The van der Waals surface area contributed by atoms with E-state index in [0.717, 1.165) is 35.1 Å². The topological polar surface area (TPSA) is 49.4 Å². The third kappa shape index (κ3) is 3.93. The number of fused-ring (bicyclic) bond motifs is 1. The maximum Gasteiger partial charge on any atom is 0.263 e. The van der Waals surface area contributed by atoms with Crippen molar-refractivity contribution < 1.29 is 18.4 Å². The van der Waals surface area contributed by atoms with Gasteiger partial charge in [-0.25, -0.2) is 8.78 Å². The lowest BCUT2D eigenvalue weighted by atomic mass is 9.87. The summed E-state index contributed by atoms with van der Waals surface area (Å²) >= 11 is 1.49. The normalized spacial score (nSPS) is 16.1. The van der Waals surface area contributed by atoms with Crippen LogP contribution in [0.15, 0.2) is 24.3 Å². The van der Waals surface area contributed by atoms with Gasteiger partial charge in [-0.3, -0.25) is 9.59 Å². The molecule has 2 amide bonds. The summed E-state index contributed by atoms with van der Waals surface area (Å²) in [5.74, 6) is -1.51. The third-order valence-corrected chi connectivity index (χ3v) is 5.76. The molecule has 1 aromatic carbocycles. The fourth-order valence-corrected chi connectivity index (χ4v) is 4.31. The molecule has 1 N–H and O–H groups in total. The van der Waals surface area contributed by atoms with Gasteiger partial charge in [0.1, 0.15) is 11.6 Å². The van der Waals surface area contributed by atoms with Crippen LogP contribution in [0.3, 0.4) is 0 Å². The molecule has 0 spiro atoms. The van der Waals surface area contributed by atoms with E-state index in [9.17, 15) is 18.4 Å². The number of hydrogen-bond acceptors (Lipinski definition) is 3. The maximum absolute atomic E-state index is 13.7. The van der Waals surface area contributed by atoms with Crippen molar-refractivity contribution in [2.24, 2.45) is 5.92 Å². The summed E-state index contributed by atoms with van der Waals surface area (Å²) in [7, 11) is 3.42. The zero-order valence-electron chi connectivity index (χ0n) is 14.6. The van der Waals surface area contributed by atoms with Gasteiger partial charge in [-0.15, -0.1) is 11.3 Å².